The van der Waals surface area contributed by atoms with Crippen molar-refractivity contribution in [1.82, 2.24) is 15.1 Å². The molecule has 0 fully saturated rings. The van der Waals surface area contributed by atoms with E-state index in [4.69, 9.17) is 0 Å². The minimum absolute atomic E-state index is 0.122. The Morgan fingerprint density at radius 3 is 2.19 bits per heavy atom. The van der Waals surface area contributed by atoms with Crippen molar-refractivity contribution >= 4 is 17.6 Å². The van der Waals surface area contributed by atoms with Gasteiger partial charge in [0.05, 0.1) is 17.4 Å². The number of carbonyl (C=O) groups excluding carboxylic acids is 2. The van der Waals surface area contributed by atoms with E-state index in [9.17, 15) is 14.0 Å². The number of rotatable bonds is 7. The summed E-state index contributed by atoms with van der Waals surface area (Å²) >= 11 is 0. The first-order valence-electron chi connectivity index (χ1n) is 10.1. The Morgan fingerprint density at radius 2 is 1.47 bits per heavy atom. The number of nitrogens with zero attached hydrogens (tertiary/aromatic N) is 2. The summed E-state index contributed by atoms with van der Waals surface area (Å²) in [5.74, 6) is -1.53. The Morgan fingerprint density at radius 1 is 0.812 bits per heavy atom. The van der Waals surface area contributed by atoms with Crippen LogP contribution in [0.4, 0.5) is 10.2 Å². The third-order valence-electron chi connectivity index (χ3n) is 4.91. The van der Waals surface area contributed by atoms with Gasteiger partial charge in [0, 0.05) is 6.54 Å². The summed E-state index contributed by atoms with van der Waals surface area (Å²) in [7, 11) is 0. The number of hydrogen-bond donors (Lipinski definition) is 2. The number of aromatic nitrogens is 2. The maximum atomic E-state index is 14.1. The van der Waals surface area contributed by atoms with Crippen LogP contribution in [0.2, 0.25) is 0 Å². The maximum absolute atomic E-state index is 14.1. The zero-order valence-electron chi connectivity index (χ0n) is 17.2. The second-order valence-electron chi connectivity index (χ2n) is 7.08. The molecule has 0 aliphatic rings. The van der Waals surface area contributed by atoms with Gasteiger partial charge in [0.25, 0.3) is 11.8 Å². The minimum Gasteiger partial charge on any atom is -0.352 e. The summed E-state index contributed by atoms with van der Waals surface area (Å²) in [6, 6.07) is 24.5. The van der Waals surface area contributed by atoms with Crippen molar-refractivity contribution in [2.45, 2.75) is 6.42 Å². The monoisotopic (exact) mass is 428 g/mol. The number of benzene rings is 3. The Bertz CT molecular complexity index is 1220. The molecule has 4 aromatic rings. The summed E-state index contributed by atoms with van der Waals surface area (Å²) < 4.78 is 15.6. The number of amides is 2. The Kier molecular flexibility index (Phi) is 6.36. The molecule has 0 spiro atoms. The zero-order valence-corrected chi connectivity index (χ0v) is 17.2. The minimum atomic E-state index is -0.667. The van der Waals surface area contributed by atoms with Gasteiger partial charge in [-0.3, -0.25) is 9.59 Å². The topological polar surface area (TPSA) is 76.0 Å². The Balaban J connectivity index is 1.59. The molecule has 0 radical (unpaired) electrons. The SMILES string of the molecule is O=C(Nc1c(C(=O)NCCc2ccccc2)cnn1-c1ccccc1)c1ccccc1F. The van der Waals surface area contributed by atoms with Crippen molar-refractivity contribution in [1.29, 1.82) is 0 Å². The lowest BCUT2D eigenvalue weighted by Gasteiger charge is -2.12. The fourth-order valence-electron chi connectivity index (χ4n) is 3.28. The van der Waals surface area contributed by atoms with Crippen LogP contribution >= 0.6 is 0 Å². The summed E-state index contributed by atoms with van der Waals surface area (Å²) in [6.07, 6.45) is 2.05. The highest BCUT2D eigenvalue weighted by molar-refractivity contribution is 6.08. The van der Waals surface area contributed by atoms with Gasteiger partial charge in [-0.2, -0.15) is 5.10 Å². The number of para-hydroxylation sites is 1. The van der Waals surface area contributed by atoms with Crippen LogP contribution < -0.4 is 10.6 Å². The van der Waals surface area contributed by atoms with E-state index >= 15 is 0 Å². The lowest BCUT2D eigenvalue weighted by molar-refractivity contribution is 0.0955. The molecule has 1 heterocycles. The van der Waals surface area contributed by atoms with Crippen LogP contribution in [0.15, 0.2) is 91.1 Å². The molecule has 3 aromatic carbocycles. The first kappa shape index (κ1) is 21.0. The molecular formula is C25H21FN4O2. The second kappa shape index (κ2) is 9.70. The number of halogens is 1. The second-order valence-corrected chi connectivity index (χ2v) is 7.08. The number of hydrogen-bond acceptors (Lipinski definition) is 3. The van der Waals surface area contributed by atoms with Gasteiger partial charge in [-0.15, -0.1) is 0 Å². The maximum Gasteiger partial charge on any atom is 0.259 e. The first-order chi connectivity index (χ1) is 15.6. The molecular weight excluding hydrogens is 407 g/mol. The predicted octanol–water partition coefficient (Wildman–Crippen LogP) is 4.24. The molecule has 6 nitrogen and oxygen atoms in total. The highest BCUT2D eigenvalue weighted by Gasteiger charge is 2.22. The standard InChI is InChI=1S/C25H21FN4O2/c26-22-14-8-7-13-20(22)25(32)29-23-21(17-28-30(23)19-11-5-2-6-12-19)24(31)27-16-15-18-9-3-1-4-10-18/h1-14,17H,15-16H2,(H,27,31)(H,29,32). The van der Waals surface area contributed by atoms with E-state index in [1.165, 1.54) is 29.1 Å². The third kappa shape index (κ3) is 4.73. The van der Waals surface area contributed by atoms with E-state index in [0.717, 1.165) is 5.56 Å². The van der Waals surface area contributed by atoms with Crippen LogP contribution in [0.25, 0.3) is 5.69 Å². The number of anilines is 1. The molecule has 0 saturated heterocycles. The predicted molar refractivity (Wildman–Crippen MR) is 120 cm³/mol. The first-order valence-corrected chi connectivity index (χ1v) is 10.1. The van der Waals surface area contributed by atoms with Crippen LogP contribution in [0, 0.1) is 5.82 Å². The average molecular weight is 428 g/mol. The Labute approximate surface area is 184 Å². The molecule has 0 aliphatic carbocycles. The molecule has 2 N–H and O–H groups in total. The Hall–Kier alpha value is -4.26. The fourth-order valence-corrected chi connectivity index (χ4v) is 3.28. The molecule has 2 amide bonds. The summed E-state index contributed by atoms with van der Waals surface area (Å²) in [5.41, 5.74) is 1.82. The molecule has 0 unspecified atom stereocenters. The van der Waals surface area contributed by atoms with Gasteiger partial charge in [0.2, 0.25) is 0 Å². The largest absolute Gasteiger partial charge is 0.352 e. The number of nitrogens with one attached hydrogen (secondary N) is 2. The summed E-state index contributed by atoms with van der Waals surface area (Å²) in [5, 5.41) is 9.81. The highest BCUT2D eigenvalue weighted by atomic mass is 19.1. The smallest absolute Gasteiger partial charge is 0.259 e. The highest BCUT2D eigenvalue weighted by Crippen LogP contribution is 2.22. The van der Waals surface area contributed by atoms with Crippen molar-refractivity contribution in [2.75, 3.05) is 11.9 Å². The third-order valence-corrected chi connectivity index (χ3v) is 4.91. The van der Waals surface area contributed by atoms with E-state index in [-0.39, 0.29) is 22.9 Å². The lowest BCUT2D eigenvalue weighted by Crippen LogP contribution is -2.27. The average Bonchev–Trinajstić information content (AvgIpc) is 3.24. The van der Waals surface area contributed by atoms with E-state index < -0.39 is 11.7 Å². The molecule has 0 atom stereocenters. The zero-order chi connectivity index (χ0) is 22.3. The summed E-state index contributed by atoms with van der Waals surface area (Å²) in [6.45, 7) is 0.417. The van der Waals surface area contributed by atoms with E-state index in [1.54, 1.807) is 18.2 Å². The van der Waals surface area contributed by atoms with Crippen molar-refractivity contribution in [3.63, 3.8) is 0 Å². The van der Waals surface area contributed by atoms with E-state index in [0.29, 0.717) is 18.7 Å². The van der Waals surface area contributed by atoms with Crippen LogP contribution in [0.3, 0.4) is 0 Å². The van der Waals surface area contributed by atoms with Gasteiger partial charge in [-0.05, 0) is 36.2 Å². The molecule has 32 heavy (non-hydrogen) atoms. The van der Waals surface area contributed by atoms with Gasteiger partial charge in [-0.1, -0.05) is 60.7 Å². The molecule has 0 aliphatic heterocycles. The molecule has 0 bridgehead atoms. The number of carbonyl (C=O) groups is 2. The van der Waals surface area contributed by atoms with Crippen LogP contribution in [-0.4, -0.2) is 28.1 Å². The molecule has 160 valence electrons. The quantitative estimate of drug-likeness (QED) is 0.462. The van der Waals surface area contributed by atoms with E-state index in [2.05, 4.69) is 15.7 Å². The fraction of sp³-hybridized carbons (Fsp3) is 0.0800. The van der Waals surface area contributed by atoms with Crippen LogP contribution in [0.5, 0.6) is 0 Å². The summed E-state index contributed by atoms with van der Waals surface area (Å²) in [4.78, 5) is 25.7. The van der Waals surface area contributed by atoms with Crippen molar-refractivity contribution in [2.24, 2.45) is 0 Å². The van der Waals surface area contributed by atoms with E-state index in [1.807, 2.05) is 48.5 Å². The van der Waals surface area contributed by atoms with Crippen LogP contribution in [-0.2, 0) is 6.42 Å². The van der Waals surface area contributed by atoms with Gasteiger partial charge in [0.1, 0.15) is 17.2 Å². The lowest BCUT2D eigenvalue weighted by atomic mass is 10.1. The van der Waals surface area contributed by atoms with Gasteiger partial charge in [-0.25, -0.2) is 9.07 Å². The molecule has 7 heteroatoms. The van der Waals surface area contributed by atoms with Crippen molar-refractivity contribution < 1.29 is 14.0 Å². The van der Waals surface area contributed by atoms with Crippen molar-refractivity contribution in [3.8, 4) is 5.69 Å². The molecule has 4 rings (SSSR count). The van der Waals surface area contributed by atoms with Gasteiger partial charge >= 0.3 is 0 Å². The normalized spacial score (nSPS) is 10.5. The van der Waals surface area contributed by atoms with Crippen LogP contribution in [0.1, 0.15) is 26.3 Å². The van der Waals surface area contributed by atoms with Crippen molar-refractivity contribution in [3.05, 3.63) is 114 Å². The van der Waals surface area contributed by atoms with Gasteiger partial charge < -0.3 is 10.6 Å². The van der Waals surface area contributed by atoms with Gasteiger partial charge in [0.15, 0.2) is 0 Å². The molecule has 1 aromatic heterocycles. The molecule has 0 saturated carbocycles.